The van der Waals surface area contributed by atoms with E-state index in [4.69, 9.17) is 4.42 Å². The van der Waals surface area contributed by atoms with Gasteiger partial charge in [-0.2, -0.15) is 0 Å². The van der Waals surface area contributed by atoms with Crippen molar-refractivity contribution in [3.8, 4) is 0 Å². The molecule has 1 aromatic heterocycles. The molecule has 0 aromatic carbocycles. The van der Waals surface area contributed by atoms with Crippen molar-refractivity contribution in [3.63, 3.8) is 0 Å². The van der Waals surface area contributed by atoms with Crippen LogP contribution in [0.2, 0.25) is 0 Å². The van der Waals surface area contributed by atoms with E-state index in [1.165, 1.54) is 0 Å². The smallest absolute Gasteiger partial charge is 0.242 e. The van der Waals surface area contributed by atoms with E-state index < -0.39 is 6.04 Å². The highest BCUT2D eigenvalue weighted by Gasteiger charge is 2.32. The lowest BCUT2D eigenvalue weighted by atomic mass is 10.0. The van der Waals surface area contributed by atoms with Gasteiger partial charge in [-0.3, -0.25) is 9.59 Å². The van der Waals surface area contributed by atoms with Gasteiger partial charge in [0.2, 0.25) is 11.8 Å². The van der Waals surface area contributed by atoms with Crippen LogP contribution in [0.5, 0.6) is 0 Å². The summed E-state index contributed by atoms with van der Waals surface area (Å²) in [6.45, 7) is 4.42. The molecular formula is C15H22N2O3. The number of furan rings is 1. The van der Waals surface area contributed by atoms with Gasteiger partial charge in [-0.25, -0.2) is 0 Å². The highest BCUT2D eigenvalue weighted by Crippen LogP contribution is 2.29. The third kappa shape index (κ3) is 4.40. The third-order valence-corrected chi connectivity index (χ3v) is 3.31. The van der Waals surface area contributed by atoms with Crippen molar-refractivity contribution >= 4 is 11.8 Å². The Labute approximate surface area is 119 Å². The average molecular weight is 278 g/mol. The van der Waals surface area contributed by atoms with Gasteiger partial charge >= 0.3 is 0 Å². The van der Waals surface area contributed by atoms with Crippen LogP contribution in [0.25, 0.3) is 0 Å². The summed E-state index contributed by atoms with van der Waals surface area (Å²) < 4.78 is 5.17. The zero-order chi connectivity index (χ0) is 14.5. The first-order valence-corrected chi connectivity index (χ1v) is 7.16. The highest BCUT2D eigenvalue weighted by molar-refractivity contribution is 5.89. The van der Waals surface area contributed by atoms with Crippen LogP contribution in [0.4, 0.5) is 0 Å². The van der Waals surface area contributed by atoms with Gasteiger partial charge in [0.1, 0.15) is 11.8 Å². The lowest BCUT2D eigenvalue weighted by molar-refractivity contribution is -0.130. The number of hydrogen-bond donors (Lipinski definition) is 2. The Morgan fingerprint density at radius 1 is 1.40 bits per heavy atom. The molecule has 5 heteroatoms. The van der Waals surface area contributed by atoms with Gasteiger partial charge in [0.25, 0.3) is 0 Å². The number of carbonyl (C=O) groups is 2. The predicted molar refractivity (Wildman–Crippen MR) is 74.7 cm³/mol. The molecule has 0 unspecified atom stereocenters. The van der Waals surface area contributed by atoms with Crippen molar-refractivity contribution < 1.29 is 14.0 Å². The van der Waals surface area contributed by atoms with E-state index in [0.717, 1.165) is 12.8 Å². The first-order chi connectivity index (χ1) is 9.56. The predicted octanol–water partition coefficient (Wildman–Crippen LogP) is 1.84. The molecule has 2 rings (SSSR count). The molecule has 1 aliphatic carbocycles. The molecule has 0 radical (unpaired) electrons. The number of nitrogens with one attached hydrogen (secondary N) is 2. The molecule has 1 aromatic rings. The fourth-order valence-corrected chi connectivity index (χ4v) is 2.05. The van der Waals surface area contributed by atoms with Gasteiger partial charge in [-0.05, 0) is 37.3 Å². The molecule has 1 atom stereocenters. The molecular weight excluding hydrogens is 256 g/mol. The van der Waals surface area contributed by atoms with Crippen LogP contribution in [0.1, 0.15) is 38.9 Å². The van der Waals surface area contributed by atoms with Gasteiger partial charge in [-0.1, -0.05) is 13.8 Å². The first-order valence-electron chi connectivity index (χ1n) is 7.16. The zero-order valence-electron chi connectivity index (χ0n) is 12.0. The molecule has 1 saturated carbocycles. The zero-order valence-corrected chi connectivity index (χ0v) is 12.0. The molecule has 5 nitrogen and oxygen atoms in total. The molecule has 0 bridgehead atoms. The second-order valence-corrected chi connectivity index (χ2v) is 5.76. The summed E-state index contributed by atoms with van der Waals surface area (Å²) in [6.07, 6.45) is 4.09. The molecule has 0 aliphatic heterocycles. The Hall–Kier alpha value is -1.78. The van der Waals surface area contributed by atoms with Crippen molar-refractivity contribution in [3.05, 3.63) is 24.2 Å². The fourth-order valence-electron chi connectivity index (χ4n) is 2.05. The van der Waals surface area contributed by atoms with Crippen molar-refractivity contribution in [2.24, 2.45) is 11.8 Å². The molecule has 20 heavy (non-hydrogen) atoms. The number of hydrogen-bond acceptors (Lipinski definition) is 3. The highest BCUT2D eigenvalue weighted by atomic mass is 16.3. The molecule has 2 N–H and O–H groups in total. The summed E-state index contributed by atoms with van der Waals surface area (Å²) in [5, 5.41) is 5.67. The van der Waals surface area contributed by atoms with Crippen LogP contribution in [0.3, 0.4) is 0 Å². The number of carbonyl (C=O) groups excluding carboxylic acids is 2. The summed E-state index contributed by atoms with van der Waals surface area (Å²) in [5.41, 5.74) is 0. The quantitative estimate of drug-likeness (QED) is 0.799. The van der Waals surface area contributed by atoms with Crippen LogP contribution in [0, 0.1) is 11.8 Å². The molecule has 0 saturated heterocycles. The monoisotopic (exact) mass is 278 g/mol. The van der Waals surface area contributed by atoms with Crippen molar-refractivity contribution in [1.82, 2.24) is 10.6 Å². The van der Waals surface area contributed by atoms with E-state index in [9.17, 15) is 9.59 Å². The average Bonchev–Trinajstić information content (AvgIpc) is 3.12. The Balaban J connectivity index is 1.86. The van der Waals surface area contributed by atoms with Gasteiger partial charge in [0.05, 0.1) is 12.8 Å². The summed E-state index contributed by atoms with van der Waals surface area (Å²) in [4.78, 5) is 24.0. The largest absolute Gasteiger partial charge is 0.467 e. The summed E-state index contributed by atoms with van der Waals surface area (Å²) in [6, 6.07) is 3.13. The standard InChI is InChI=1S/C15H22N2O3/c1-10(2)8-13(17-14(18)11-5-6-11)15(19)16-9-12-4-3-7-20-12/h3-4,7,10-11,13H,5-6,8-9H2,1-2H3,(H,16,19)(H,17,18)/t13-/m1/s1. The van der Waals surface area contributed by atoms with E-state index in [1.807, 2.05) is 13.8 Å². The normalized spacial score (nSPS) is 15.9. The third-order valence-electron chi connectivity index (χ3n) is 3.31. The van der Waals surface area contributed by atoms with E-state index in [2.05, 4.69) is 10.6 Å². The molecule has 2 amide bonds. The second kappa shape index (κ2) is 6.59. The van der Waals surface area contributed by atoms with Gasteiger partial charge in [0, 0.05) is 5.92 Å². The van der Waals surface area contributed by atoms with Crippen LogP contribution in [-0.2, 0) is 16.1 Å². The van der Waals surface area contributed by atoms with Gasteiger partial charge < -0.3 is 15.1 Å². The minimum absolute atomic E-state index is 0.00352. The van der Waals surface area contributed by atoms with Gasteiger partial charge in [-0.15, -0.1) is 0 Å². The van der Waals surface area contributed by atoms with Crippen molar-refractivity contribution in [1.29, 1.82) is 0 Å². The van der Waals surface area contributed by atoms with Gasteiger partial charge in [0.15, 0.2) is 0 Å². The van der Waals surface area contributed by atoms with E-state index in [-0.39, 0.29) is 17.7 Å². The number of amides is 2. The van der Waals surface area contributed by atoms with E-state index in [1.54, 1.807) is 18.4 Å². The molecule has 1 aliphatic rings. The molecule has 0 spiro atoms. The molecule has 1 heterocycles. The summed E-state index contributed by atoms with van der Waals surface area (Å²) in [5.74, 6) is 1.01. The lowest BCUT2D eigenvalue weighted by Crippen LogP contribution is -2.47. The topological polar surface area (TPSA) is 71.3 Å². The lowest BCUT2D eigenvalue weighted by Gasteiger charge is -2.20. The summed E-state index contributed by atoms with van der Waals surface area (Å²) in [7, 11) is 0. The van der Waals surface area contributed by atoms with E-state index >= 15 is 0 Å². The molecule has 110 valence electrons. The van der Waals surface area contributed by atoms with Crippen LogP contribution in [-0.4, -0.2) is 17.9 Å². The summed E-state index contributed by atoms with van der Waals surface area (Å²) >= 11 is 0. The maximum atomic E-state index is 12.2. The Kier molecular flexibility index (Phi) is 4.82. The minimum atomic E-state index is -0.460. The Morgan fingerprint density at radius 3 is 2.70 bits per heavy atom. The Bertz CT molecular complexity index is 450. The SMILES string of the molecule is CC(C)C[C@@H](NC(=O)C1CC1)C(=O)NCc1ccco1. The molecule has 1 fully saturated rings. The van der Waals surface area contributed by atoms with Crippen molar-refractivity contribution in [2.75, 3.05) is 0 Å². The number of rotatable bonds is 7. The fraction of sp³-hybridized carbons (Fsp3) is 0.600. The Morgan fingerprint density at radius 2 is 2.15 bits per heavy atom. The first kappa shape index (κ1) is 14.6. The van der Waals surface area contributed by atoms with Crippen molar-refractivity contribution in [2.45, 2.75) is 45.7 Å². The van der Waals surface area contributed by atoms with Crippen LogP contribution < -0.4 is 10.6 Å². The van der Waals surface area contributed by atoms with E-state index in [0.29, 0.717) is 24.6 Å². The van der Waals surface area contributed by atoms with Crippen LogP contribution in [0.15, 0.2) is 22.8 Å². The minimum Gasteiger partial charge on any atom is -0.467 e. The second-order valence-electron chi connectivity index (χ2n) is 5.76. The maximum Gasteiger partial charge on any atom is 0.242 e. The van der Waals surface area contributed by atoms with Crippen LogP contribution >= 0.6 is 0 Å². The maximum absolute atomic E-state index is 12.2.